The van der Waals surface area contributed by atoms with Gasteiger partial charge in [-0.3, -0.25) is 4.79 Å². The van der Waals surface area contributed by atoms with Crippen LogP contribution in [-0.4, -0.2) is 18.0 Å². The van der Waals surface area contributed by atoms with Gasteiger partial charge in [-0.05, 0) is 26.7 Å². The van der Waals surface area contributed by atoms with Crippen LogP contribution in [0.4, 0.5) is 0 Å². The number of rotatable bonds is 5. The average molecular weight is 186 g/mol. The number of hydrogen-bond donors (Lipinski definition) is 2. The van der Waals surface area contributed by atoms with Gasteiger partial charge < -0.3 is 11.1 Å². The molecule has 0 aliphatic heterocycles. The fourth-order valence-electron chi connectivity index (χ4n) is 1.19. The highest BCUT2D eigenvalue weighted by Gasteiger charge is 2.13. The van der Waals surface area contributed by atoms with E-state index in [-0.39, 0.29) is 23.9 Å². The lowest BCUT2D eigenvalue weighted by Crippen LogP contribution is -2.39. The Bertz CT molecular complexity index is 157. The second-order valence-corrected chi connectivity index (χ2v) is 3.93. The standard InChI is InChI=1S/C10H22N2O/c1-5-7(2)10(13)12-9(4)6-8(3)11/h7-9H,5-6,11H2,1-4H3,(H,12,13). The molecule has 0 aliphatic rings. The number of carbonyl (C=O) groups is 1. The van der Waals surface area contributed by atoms with Gasteiger partial charge in [-0.2, -0.15) is 0 Å². The van der Waals surface area contributed by atoms with Crippen LogP contribution in [0.2, 0.25) is 0 Å². The van der Waals surface area contributed by atoms with Crippen molar-refractivity contribution in [2.24, 2.45) is 11.7 Å². The average Bonchev–Trinajstić information content (AvgIpc) is 2.01. The van der Waals surface area contributed by atoms with E-state index < -0.39 is 0 Å². The SMILES string of the molecule is CCC(C)C(=O)NC(C)CC(C)N. The first-order valence-electron chi connectivity index (χ1n) is 5.03. The molecule has 1 amide bonds. The van der Waals surface area contributed by atoms with Crippen LogP contribution in [0.25, 0.3) is 0 Å². The van der Waals surface area contributed by atoms with Crippen LogP contribution in [0, 0.1) is 5.92 Å². The van der Waals surface area contributed by atoms with Crippen LogP contribution in [-0.2, 0) is 4.79 Å². The Morgan fingerprint density at radius 3 is 2.31 bits per heavy atom. The first-order valence-corrected chi connectivity index (χ1v) is 5.03. The molecule has 0 saturated carbocycles. The largest absolute Gasteiger partial charge is 0.353 e. The van der Waals surface area contributed by atoms with E-state index in [0.29, 0.717) is 0 Å². The van der Waals surface area contributed by atoms with Crippen molar-refractivity contribution in [2.75, 3.05) is 0 Å². The Kier molecular flexibility index (Phi) is 5.71. The summed E-state index contributed by atoms with van der Waals surface area (Å²) in [6, 6.07) is 0.328. The molecule has 0 aromatic rings. The molecule has 0 heterocycles. The molecule has 0 bridgehead atoms. The Balaban J connectivity index is 3.77. The third-order valence-corrected chi connectivity index (χ3v) is 2.17. The highest BCUT2D eigenvalue weighted by molar-refractivity contribution is 5.78. The molecule has 0 radical (unpaired) electrons. The van der Waals surface area contributed by atoms with Crippen molar-refractivity contribution >= 4 is 5.91 Å². The Hall–Kier alpha value is -0.570. The van der Waals surface area contributed by atoms with Gasteiger partial charge >= 0.3 is 0 Å². The second kappa shape index (κ2) is 5.97. The molecule has 3 atom stereocenters. The molecular weight excluding hydrogens is 164 g/mol. The summed E-state index contributed by atoms with van der Waals surface area (Å²) in [5, 5.41) is 2.94. The van der Waals surface area contributed by atoms with Gasteiger partial charge in [0.2, 0.25) is 5.91 Å². The van der Waals surface area contributed by atoms with Crippen LogP contribution in [0.3, 0.4) is 0 Å². The summed E-state index contributed by atoms with van der Waals surface area (Å²) in [7, 11) is 0. The summed E-state index contributed by atoms with van der Waals surface area (Å²) >= 11 is 0. The van der Waals surface area contributed by atoms with Gasteiger partial charge in [0.25, 0.3) is 0 Å². The lowest BCUT2D eigenvalue weighted by atomic mass is 10.1. The zero-order chi connectivity index (χ0) is 10.4. The van der Waals surface area contributed by atoms with Crippen molar-refractivity contribution in [1.82, 2.24) is 5.32 Å². The van der Waals surface area contributed by atoms with E-state index in [1.54, 1.807) is 0 Å². The van der Waals surface area contributed by atoms with E-state index in [0.717, 1.165) is 12.8 Å². The van der Waals surface area contributed by atoms with Crippen LogP contribution < -0.4 is 11.1 Å². The predicted molar refractivity (Wildman–Crippen MR) is 55.3 cm³/mol. The topological polar surface area (TPSA) is 55.1 Å². The molecule has 13 heavy (non-hydrogen) atoms. The lowest BCUT2D eigenvalue weighted by Gasteiger charge is -2.18. The molecular formula is C10H22N2O. The molecule has 0 fully saturated rings. The van der Waals surface area contributed by atoms with Gasteiger partial charge in [0.05, 0.1) is 0 Å². The lowest BCUT2D eigenvalue weighted by molar-refractivity contribution is -0.125. The second-order valence-electron chi connectivity index (χ2n) is 3.93. The molecule has 0 aliphatic carbocycles. The minimum Gasteiger partial charge on any atom is -0.353 e. The number of carbonyl (C=O) groups excluding carboxylic acids is 1. The number of nitrogens with two attached hydrogens (primary N) is 1. The van der Waals surface area contributed by atoms with Gasteiger partial charge in [0.15, 0.2) is 0 Å². The molecule has 3 N–H and O–H groups in total. The zero-order valence-electron chi connectivity index (χ0n) is 9.13. The molecule has 0 rings (SSSR count). The van der Waals surface area contributed by atoms with Gasteiger partial charge in [0, 0.05) is 18.0 Å². The van der Waals surface area contributed by atoms with E-state index in [1.807, 2.05) is 27.7 Å². The summed E-state index contributed by atoms with van der Waals surface area (Å²) in [6.07, 6.45) is 1.72. The third kappa shape index (κ3) is 5.64. The van der Waals surface area contributed by atoms with Crippen molar-refractivity contribution in [3.8, 4) is 0 Å². The van der Waals surface area contributed by atoms with Gasteiger partial charge in [0.1, 0.15) is 0 Å². The monoisotopic (exact) mass is 186 g/mol. The number of hydrogen-bond acceptors (Lipinski definition) is 2. The zero-order valence-corrected chi connectivity index (χ0v) is 9.13. The first-order chi connectivity index (χ1) is 5.97. The molecule has 3 unspecified atom stereocenters. The summed E-state index contributed by atoms with van der Waals surface area (Å²) in [5.74, 6) is 0.242. The number of nitrogens with one attached hydrogen (secondary N) is 1. The minimum atomic E-state index is 0.107. The molecule has 78 valence electrons. The predicted octanol–water partition coefficient (Wildman–Crippen LogP) is 1.27. The van der Waals surface area contributed by atoms with E-state index in [2.05, 4.69) is 5.32 Å². The first kappa shape index (κ1) is 12.4. The van der Waals surface area contributed by atoms with Crippen LogP contribution in [0.1, 0.15) is 40.5 Å². The fourth-order valence-corrected chi connectivity index (χ4v) is 1.19. The highest BCUT2D eigenvalue weighted by Crippen LogP contribution is 2.02. The molecule has 0 aromatic carbocycles. The van der Waals surface area contributed by atoms with Crippen LogP contribution >= 0.6 is 0 Å². The van der Waals surface area contributed by atoms with E-state index in [1.165, 1.54) is 0 Å². The van der Waals surface area contributed by atoms with E-state index >= 15 is 0 Å². The summed E-state index contributed by atoms with van der Waals surface area (Å²) in [6.45, 7) is 7.89. The summed E-state index contributed by atoms with van der Waals surface area (Å²) < 4.78 is 0. The maximum Gasteiger partial charge on any atom is 0.223 e. The maximum absolute atomic E-state index is 11.4. The Labute approximate surface area is 81.1 Å². The smallest absolute Gasteiger partial charge is 0.223 e. The third-order valence-electron chi connectivity index (χ3n) is 2.17. The molecule has 0 aromatic heterocycles. The minimum absolute atomic E-state index is 0.107. The number of amides is 1. The Morgan fingerprint density at radius 2 is 1.92 bits per heavy atom. The van der Waals surface area contributed by atoms with Gasteiger partial charge in [-0.25, -0.2) is 0 Å². The van der Waals surface area contributed by atoms with Gasteiger partial charge in [-0.1, -0.05) is 13.8 Å². The van der Waals surface area contributed by atoms with Crippen LogP contribution in [0.5, 0.6) is 0 Å². The van der Waals surface area contributed by atoms with Crippen molar-refractivity contribution < 1.29 is 4.79 Å². The quantitative estimate of drug-likeness (QED) is 0.679. The molecule has 3 heteroatoms. The molecule has 0 spiro atoms. The molecule has 3 nitrogen and oxygen atoms in total. The fraction of sp³-hybridized carbons (Fsp3) is 0.900. The van der Waals surface area contributed by atoms with Crippen molar-refractivity contribution in [3.63, 3.8) is 0 Å². The van der Waals surface area contributed by atoms with E-state index in [4.69, 9.17) is 5.73 Å². The van der Waals surface area contributed by atoms with Crippen LogP contribution in [0.15, 0.2) is 0 Å². The van der Waals surface area contributed by atoms with Crippen molar-refractivity contribution in [1.29, 1.82) is 0 Å². The van der Waals surface area contributed by atoms with Crippen molar-refractivity contribution in [3.05, 3.63) is 0 Å². The Morgan fingerprint density at radius 1 is 1.38 bits per heavy atom. The van der Waals surface area contributed by atoms with Gasteiger partial charge in [-0.15, -0.1) is 0 Å². The van der Waals surface area contributed by atoms with E-state index in [9.17, 15) is 4.79 Å². The van der Waals surface area contributed by atoms with Crippen molar-refractivity contribution in [2.45, 2.75) is 52.6 Å². The maximum atomic E-state index is 11.4. The normalized spacial score (nSPS) is 17.6. The molecule has 0 saturated heterocycles. The summed E-state index contributed by atoms with van der Waals surface area (Å²) in [4.78, 5) is 11.4. The highest BCUT2D eigenvalue weighted by atomic mass is 16.1. The summed E-state index contributed by atoms with van der Waals surface area (Å²) in [5.41, 5.74) is 5.63.